The van der Waals surface area contributed by atoms with E-state index in [9.17, 15) is 14.4 Å². The van der Waals surface area contributed by atoms with E-state index in [0.717, 1.165) is 32.1 Å². The summed E-state index contributed by atoms with van der Waals surface area (Å²) in [5.41, 5.74) is 2.01. The molecule has 0 aliphatic carbocycles. The number of carbonyl (C=O) groups is 3. The molecule has 212 valence electrons. The number of aryl methyl sites for hydroxylation is 1. The van der Waals surface area contributed by atoms with E-state index in [0.29, 0.717) is 18.6 Å². The topological polar surface area (TPSA) is 88.2 Å². The second-order valence-electron chi connectivity index (χ2n) is 11.0. The summed E-state index contributed by atoms with van der Waals surface area (Å²) in [6.07, 6.45) is 0.436. The molecule has 9 heteroatoms. The van der Waals surface area contributed by atoms with E-state index in [4.69, 9.17) is 9.47 Å². The number of fused-ring (bicyclic) bond motifs is 2. The molecule has 0 spiro atoms. The largest absolute Gasteiger partial charge is 0.496 e. The smallest absolute Gasteiger partial charge is 0.410 e. The van der Waals surface area contributed by atoms with Crippen LogP contribution in [0.25, 0.3) is 10.8 Å². The molecule has 0 saturated heterocycles. The highest BCUT2D eigenvalue weighted by molar-refractivity contribution is 9.10. The van der Waals surface area contributed by atoms with Crippen molar-refractivity contribution in [3.05, 3.63) is 70.2 Å². The van der Waals surface area contributed by atoms with Gasteiger partial charge >= 0.3 is 6.09 Å². The van der Waals surface area contributed by atoms with Crippen molar-refractivity contribution in [1.29, 1.82) is 0 Å². The van der Waals surface area contributed by atoms with Crippen molar-refractivity contribution in [2.24, 2.45) is 0 Å². The lowest BCUT2D eigenvalue weighted by Crippen LogP contribution is -2.54. The zero-order valence-electron chi connectivity index (χ0n) is 23.8. The molecule has 1 heterocycles. The second-order valence-corrected chi connectivity index (χ2v) is 11.9. The van der Waals surface area contributed by atoms with Gasteiger partial charge in [-0.15, -0.1) is 0 Å². The highest BCUT2D eigenvalue weighted by Gasteiger charge is 2.35. The summed E-state index contributed by atoms with van der Waals surface area (Å²) >= 11 is 3.54. The van der Waals surface area contributed by atoms with Crippen molar-refractivity contribution in [1.82, 2.24) is 10.2 Å². The highest BCUT2D eigenvalue weighted by Crippen LogP contribution is 2.35. The number of hydrogen-bond donors (Lipinski definition) is 1. The van der Waals surface area contributed by atoms with Gasteiger partial charge in [0.25, 0.3) is 0 Å². The minimum Gasteiger partial charge on any atom is -0.496 e. The molecular formula is C31H36BrN3O5. The molecule has 0 aromatic heterocycles. The van der Waals surface area contributed by atoms with Crippen molar-refractivity contribution in [2.45, 2.75) is 64.8 Å². The third-order valence-electron chi connectivity index (χ3n) is 7.09. The number of nitrogens with one attached hydrogen (secondary N) is 1. The van der Waals surface area contributed by atoms with Crippen LogP contribution < -0.4 is 15.0 Å². The molecule has 4 rings (SSSR count). The molecule has 3 aromatic carbocycles. The lowest BCUT2D eigenvalue weighted by molar-refractivity contribution is -0.130. The van der Waals surface area contributed by atoms with Crippen LogP contribution in [-0.2, 0) is 27.3 Å². The summed E-state index contributed by atoms with van der Waals surface area (Å²) in [6.45, 7) is 7.18. The summed E-state index contributed by atoms with van der Waals surface area (Å²) < 4.78 is 12.1. The summed E-state index contributed by atoms with van der Waals surface area (Å²) in [5.74, 6) is 0.0318. The van der Waals surface area contributed by atoms with Crippen molar-refractivity contribution in [3.8, 4) is 5.75 Å². The van der Waals surface area contributed by atoms with Gasteiger partial charge in [0.2, 0.25) is 11.8 Å². The number of hydrogen-bond acceptors (Lipinski definition) is 5. The number of likely N-dealkylation sites (N-methyl/N-ethyl adjacent to an activating group) is 1. The fraction of sp³-hybridized carbons (Fsp3) is 0.387. The number of benzene rings is 3. The van der Waals surface area contributed by atoms with E-state index in [2.05, 4.69) is 21.2 Å². The second kappa shape index (κ2) is 11.9. The molecule has 0 bridgehead atoms. The molecule has 0 saturated carbocycles. The highest BCUT2D eigenvalue weighted by atomic mass is 79.9. The third-order valence-corrected chi connectivity index (χ3v) is 7.59. The first-order chi connectivity index (χ1) is 18.9. The Bertz CT molecular complexity index is 1430. The Morgan fingerprint density at radius 3 is 2.58 bits per heavy atom. The third kappa shape index (κ3) is 6.41. The number of nitrogens with zero attached hydrogens (tertiary/aromatic N) is 2. The Balaban J connectivity index is 1.64. The van der Waals surface area contributed by atoms with Crippen LogP contribution in [0.15, 0.2) is 59.1 Å². The van der Waals surface area contributed by atoms with Gasteiger partial charge in [-0.05, 0) is 81.1 Å². The Hall–Kier alpha value is -3.59. The maximum absolute atomic E-state index is 14.1. The number of para-hydroxylation sites is 1. The monoisotopic (exact) mass is 609 g/mol. The van der Waals surface area contributed by atoms with E-state index in [1.165, 1.54) is 11.9 Å². The summed E-state index contributed by atoms with van der Waals surface area (Å²) in [5, 5.41) is 4.91. The summed E-state index contributed by atoms with van der Waals surface area (Å²) in [4.78, 5) is 42.9. The van der Waals surface area contributed by atoms with Crippen molar-refractivity contribution < 1.29 is 23.9 Å². The number of anilines is 1. The van der Waals surface area contributed by atoms with Gasteiger partial charge in [0.05, 0.1) is 13.7 Å². The zero-order valence-corrected chi connectivity index (χ0v) is 25.4. The Morgan fingerprint density at radius 1 is 1.15 bits per heavy atom. The molecule has 3 amide bonds. The first-order valence-corrected chi connectivity index (χ1v) is 14.1. The Kier molecular flexibility index (Phi) is 8.73. The number of methoxy groups -OCH3 is 1. The number of carbonyl (C=O) groups excluding carboxylic acids is 3. The Morgan fingerprint density at radius 2 is 1.88 bits per heavy atom. The minimum atomic E-state index is -0.835. The zero-order chi connectivity index (χ0) is 29.2. The molecule has 8 nitrogen and oxygen atoms in total. The van der Waals surface area contributed by atoms with Crippen LogP contribution in [0, 0.1) is 0 Å². The van der Waals surface area contributed by atoms with Gasteiger partial charge in [0.15, 0.2) is 0 Å². The molecule has 1 aliphatic heterocycles. The lowest BCUT2D eigenvalue weighted by Gasteiger charge is -2.30. The number of amides is 3. The fourth-order valence-electron chi connectivity index (χ4n) is 4.83. The van der Waals surface area contributed by atoms with E-state index >= 15 is 0 Å². The molecule has 1 unspecified atom stereocenters. The predicted molar refractivity (Wildman–Crippen MR) is 160 cm³/mol. The van der Waals surface area contributed by atoms with Gasteiger partial charge in [-0.2, -0.15) is 0 Å². The van der Waals surface area contributed by atoms with Crippen LogP contribution in [0.3, 0.4) is 0 Å². The number of ether oxygens (including phenoxy) is 2. The van der Waals surface area contributed by atoms with Crippen LogP contribution in [0.1, 0.15) is 45.2 Å². The standard InChI is InChI=1S/C31H36BrN3O5/c1-19(34(5)30(38)40-31(2,3)4)28(36)33-25-15-11-20-9-7-8-10-26(20)35(29(25)37)18-24-23-14-13-22(32)17-21(23)12-16-27(24)39-6/h7-10,12-14,16-17,19,25H,11,15,18H2,1-6H3,(H,33,36)/t19?,25-/m0/s1. The predicted octanol–water partition coefficient (Wildman–Crippen LogP) is 5.83. The van der Waals surface area contributed by atoms with E-state index in [-0.39, 0.29) is 12.5 Å². The lowest BCUT2D eigenvalue weighted by atomic mass is 10.0. The molecular weight excluding hydrogens is 574 g/mol. The van der Waals surface area contributed by atoms with Gasteiger partial charge in [-0.3, -0.25) is 14.5 Å². The van der Waals surface area contributed by atoms with Gasteiger partial charge in [0, 0.05) is 22.8 Å². The summed E-state index contributed by atoms with van der Waals surface area (Å²) in [7, 11) is 3.13. The van der Waals surface area contributed by atoms with Crippen LogP contribution >= 0.6 is 15.9 Å². The molecule has 1 aliphatic rings. The summed E-state index contributed by atoms with van der Waals surface area (Å²) in [6, 6.07) is 16.1. The van der Waals surface area contributed by atoms with Crippen molar-refractivity contribution in [3.63, 3.8) is 0 Å². The van der Waals surface area contributed by atoms with Crippen LogP contribution in [0.4, 0.5) is 10.5 Å². The average molecular weight is 611 g/mol. The van der Waals surface area contributed by atoms with E-state index < -0.39 is 29.7 Å². The van der Waals surface area contributed by atoms with Gasteiger partial charge in [-0.1, -0.05) is 46.3 Å². The molecule has 1 N–H and O–H groups in total. The first-order valence-electron chi connectivity index (χ1n) is 13.3. The minimum absolute atomic E-state index is 0.221. The quantitative estimate of drug-likeness (QED) is 0.380. The SMILES string of the molecule is COc1ccc2cc(Br)ccc2c1CN1C(=O)[C@@H](NC(=O)C(C)N(C)C(=O)OC(C)(C)C)CCc2ccccc21. The van der Waals surface area contributed by atoms with Gasteiger partial charge < -0.3 is 19.7 Å². The van der Waals surface area contributed by atoms with Crippen LogP contribution in [0.2, 0.25) is 0 Å². The molecule has 2 atom stereocenters. The van der Waals surface area contributed by atoms with Crippen molar-refractivity contribution in [2.75, 3.05) is 19.1 Å². The first kappa shape index (κ1) is 29.4. The fourth-order valence-corrected chi connectivity index (χ4v) is 5.21. The maximum Gasteiger partial charge on any atom is 0.410 e. The molecule has 40 heavy (non-hydrogen) atoms. The normalized spacial score (nSPS) is 16.1. The maximum atomic E-state index is 14.1. The van der Waals surface area contributed by atoms with E-state index in [1.807, 2.05) is 54.6 Å². The van der Waals surface area contributed by atoms with Crippen molar-refractivity contribution >= 4 is 50.3 Å². The van der Waals surface area contributed by atoms with Gasteiger partial charge in [0.1, 0.15) is 23.4 Å². The number of rotatable bonds is 6. The molecule has 0 fully saturated rings. The van der Waals surface area contributed by atoms with E-state index in [1.54, 1.807) is 39.7 Å². The molecule has 3 aromatic rings. The average Bonchev–Trinajstić information content (AvgIpc) is 3.03. The molecule has 0 radical (unpaired) electrons. The Labute approximate surface area is 243 Å². The number of halogens is 1. The van der Waals surface area contributed by atoms with Gasteiger partial charge in [-0.25, -0.2) is 4.79 Å². The van der Waals surface area contributed by atoms with Crippen LogP contribution in [-0.4, -0.2) is 54.6 Å². The van der Waals surface area contributed by atoms with Crippen LogP contribution in [0.5, 0.6) is 5.75 Å².